The van der Waals surface area contributed by atoms with E-state index < -0.39 is 0 Å². The standard InChI is InChI=1S/C27H39N3O2.2ClH.Fe/c1-16-12-18(3)24(19(4)13-16)28-22(7)26(31-10)30(9)27(32-11)23(8)29-25-20(5)14-17(2)15-21(25)6;;;/h12-15,26-27H,1-11H3;2*1H;/q;;;+2/p-2. The van der Waals surface area contributed by atoms with Gasteiger partial charge in [0.1, 0.15) is 0 Å². The summed E-state index contributed by atoms with van der Waals surface area (Å²) in [6.07, 6.45) is -0.712. The molecular formula is C27H39Cl2FeN3O2. The summed E-state index contributed by atoms with van der Waals surface area (Å²) in [6.45, 7) is 16.6. The minimum absolute atomic E-state index is 0.194. The topological polar surface area (TPSA) is 46.4 Å². The fourth-order valence-electron chi connectivity index (χ4n) is 4.55. The van der Waals surface area contributed by atoms with Crippen molar-refractivity contribution in [3.8, 4) is 0 Å². The van der Waals surface area contributed by atoms with E-state index in [-0.39, 0.29) is 25.6 Å². The van der Waals surface area contributed by atoms with Crippen LogP contribution in [0.25, 0.3) is 0 Å². The van der Waals surface area contributed by atoms with Gasteiger partial charge in [-0.05, 0) is 84.7 Å². The summed E-state index contributed by atoms with van der Waals surface area (Å²) in [5, 5.41) is 0. The molecule has 35 heavy (non-hydrogen) atoms. The fraction of sp³-hybridized carbons (Fsp3) is 0.481. The molecule has 0 fully saturated rings. The van der Waals surface area contributed by atoms with Crippen LogP contribution in [0.4, 0.5) is 11.4 Å². The van der Waals surface area contributed by atoms with Gasteiger partial charge in [-0.15, -0.1) is 0 Å². The predicted octanol–water partition coefficient (Wildman–Crippen LogP) is 7.68. The number of aryl methyl sites for hydroxylation is 6. The molecule has 0 amide bonds. The van der Waals surface area contributed by atoms with Crippen molar-refractivity contribution < 1.29 is 22.6 Å². The zero-order chi connectivity index (χ0) is 26.9. The molecule has 0 saturated carbocycles. The number of methoxy groups -OCH3 is 2. The molecule has 0 saturated heterocycles. The SMILES string of the molecule is COC(C(C)=Nc1c(C)cc(C)cc1C)N(C)C(OC)C(C)=Nc1c(C)cc(C)cc1C.[Cl][Fe][Cl]. The van der Waals surface area contributed by atoms with Crippen molar-refractivity contribution in [2.24, 2.45) is 9.98 Å². The average Bonchev–Trinajstić information content (AvgIpc) is 2.75. The summed E-state index contributed by atoms with van der Waals surface area (Å²) in [4.78, 5) is 11.9. The number of benzene rings is 2. The minimum atomic E-state index is -0.356. The Bertz CT molecular complexity index is 929. The van der Waals surface area contributed by atoms with Crippen molar-refractivity contribution in [2.45, 2.75) is 67.8 Å². The molecule has 0 heterocycles. The van der Waals surface area contributed by atoms with Crippen molar-refractivity contribution in [3.05, 3.63) is 57.6 Å². The van der Waals surface area contributed by atoms with Gasteiger partial charge in [0, 0.05) is 14.2 Å². The van der Waals surface area contributed by atoms with Gasteiger partial charge in [-0.2, -0.15) is 0 Å². The Morgan fingerprint density at radius 3 is 1.20 bits per heavy atom. The number of rotatable bonds is 8. The second kappa shape index (κ2) is 15.1. The summed E-state index contributed by atoms with van der Waals surface area (Å²) in [7, 11) is 14.9. The van der Waals surface area contributed by atoms with E-state index in [0.717, 1.165) is 45.1 Å². The van der Waals surface area contributed by atoms with Crippen LogP contribution in [-0.4, -0.2) is 50.0 Å². The van der Waals surface area contributed by atoms with E-state index in [4.69, 9.17) is 39.7 Å². The third-order valence-electron chi connectivity index (χ3n) is 5.75. The van der Waals surface area contributed by atoms with E-state index in [1.807, 2.05) is 25.8 Å². The average molecular weight is 564 g/mol. The Kier molecular flexibility index (Phi) is 13.7. The van der Waals surface area contributed by atoms with Crippen LogP contribution in [0.15, 0.2) is 34.3 Å². The molecule has 0 radical (unpaired) electrons. The van der Waals surface area contributed by atoms with Crippen molar-refractivity contribution in [1.82, 2.24) is 4.90 Å². The van der Waals surface area contributed by atoms with Crippen molar-refractivity contribution in [1.29, 1.82) is 0 Å². The van der Waals surface area contributed by atoms with E-state index in [0.29, 0.717) is 0 Å². The molecule has 0 bridgehead atoms. The Balaban J connectivity index is 0.00000194. The third kappa shape index (κ3) is 8.98. The van der Waals surface area contributed by atoms with Crippen LogP contribution >= 0.6 is 20.2 Å². The number of nitrogens with zero attached hydrogens (tertiary/aromatic N) is 3. The molecule has 0 spiro atoms. The fourth-order valence-corrected chi connectivity index (χ4v) is 4.55. The molecule has 2 unspecified atom stereocenters. The van der Waals surface area contributed by atoms with Crippen molar-refractivity contribution in [2.75, 3.05) is 21.3 Å². The first kappa shape index (κ1) is 31.8. The molecule has 2 aromatic carbocycles. The first-order chi connectivity index (χ1) is 16.4. The maximum atomic E-state index is 5.86. The number of halogens is 2. The Morgan fingerprint density at radius 1 is 0.714 bits per heavy atom. The number of aliphatic imine (C=N–C) groups is 2. The normalized spacial score (nSPS) is 14.1. The van der Waals surface area contributed by atoms with Crippen LogP contribution in [0, 0.1) is 41.5 Å². The monoisotopic (exact) mass is 563 g/mol. The van der Waals surface area contributed by atoms with Crippen molar-refractivity contribution >= 4 is 43.0 Å². The zero-order valence-corrected chi connectivity index (χ0v) is 25.3. The molecular weight excluding hydrogens is 525 g/mol. The van der Waals surface area contributed by atoms with E-state index in [9.17, 15) is 0 Å². The van der Waals surface area contributed by atoms with Gasteiger partial charge in [0.25, 0.3) is 0 Å². The molecule has 2 rings (SSSR count). The van der Waals surface area contributed by atoms with Crippen LogP contribution in [0.3, 0.4) is 0 Å². The summed E-state index contributed by atoms with van der Waals surface area (Å²) < 4.78 is 11.7. The van der Waals surface area contributed by atoms with E-state index in [2.05, 4.69) is 65.8 Å². The quantitative estimate of drug-likeness (QED) is 0.188. The summed E-state index contributed by atoms with van der Waals surface area (Å²) in [6, 6.07) is 8.63. The zero-order valence-electron chi connectivity index (χ0n) is 22.7. The van der Waals surface area contributed by atoms with Gasteiger partial charge in [0.05, 0.1) is 22.8 Å². The maximum absolute atomic E-state index is 5.86. The molecule has 0 N–H and O–H groups in total. The van der Waals surface area contributed by atoms with Gasteiger partial charge in [0.15, 0.2) is 12.5 Å². The van der Waals surface area contributed by atoms with Gasteiger partial charge < -0.3 is 9.47 Å². The Labute approximate surface area is 226 Å². The molecule has 0 aliphatic heterocycles. The summed E-state index contributed by atoms with van der Waals surface area (Å²) in [5.41, 5.74) is 10.8. The van der Waals surface area contributed by atoms with Gasteiger partial charge in [-0.3, -0.25) is 9.98 Å². The second-order valence-electron chi connectivity index (χ2n) is 8.89. The van der Waals surface area contributed by atoms with Gasteiger partial charge in [-0.1, -0.05) is 35.4 Å². The second-order valence-corrected chi connectivity index (χ2v) is 10.7. The summed E-state index contributed by atoms with van der Waals surface area (Å²) in [5.74, 6) is 0. The van der Waals surface area contributed by atoms with Crippen LogP contribution < -0.4 is 0 Å². The predicted molar refractivity (Wildman–Crippen MR) is 148 cm³/mol. The Hall–Kier alpha value is -1.24. The third-order valence-corrected chi connectivity index (χ3v) is 5.75. The first-order valence-corrected chi connectivity index (χ1v) is 14.3. The molecule has 5 nitrogen and oxygen atoms in total. The summed E-state index contributed by atoms with van der Waals surface area (Å²) >= 11 is 0.194. The van der Waals surface area contributed by atoms with Crippen LogP contribution in [0.1, 0.15) is 47.2 Å². The van der Waals surface area contributed by atoms with E-state index in [1.54, 1.807) is 14.2 Å². The van der Waals surface area contributed by atoms with Gasteiger partial charge in [-0.25, -0.2) is 4.90 Å². The number of hydrogen-bond donors (Lipinski definition) is 0. The van der Waals surface area contributed by atoms with E-state index in [1.165, 1.54) is 11.1 Å². The first-order valence-electron chi connectivity index (χ1n) is 11.3. The molecule has 2 atom stereocenters. The van der Waals surface area contributed by atoms with Crippen LogP contribution in [0.5, 0.6) is 0 Å². The molecule has 2 aromatic rings. The van der Waals surface area contributed by atoms with Gasteiger partial charge in [0.2, 0.25) is 0 Å². The van der Waals surface area contributed by atoms with E-state index >= 15 is 0 Å². The molecule has 0 aliphatic rings. The van der Waals surface area contributed by atoms with Crippen molar-refractivity contribution in [3.63, 3.8) is 0 Å². The van der Waals surface area contributed by atoms with Crippen LogP contribution in [0.2, 0.25) is 0 Å². The molecule has 8 heteroatoms. The van der Waals surface area contributed by atoms with Gasteiger partial charge >= 0.3 is 33.3 Å². The number of hydrogen-bond acceptors (Lipinski definition) is 5. The number of ether oxygens (including phenoxy) is 2. The molecule has 196 valence electrons. The van der Waals surface area contributed by atoms with Crippen LogP contribution in [-0.2, 0) is 22.6 Å². The molecule has 0 aliphatic carbocycles. The molecule has 0 aromatic heterocycles. The Morgan fingerprint density at radius 2 is 0.971 bits per heavy atom.